The average molecular weight is 449 g/mol. The average Bonchev–Trinajstić information content (AvgIpc) is 2.77. The van der Waals surface area contributed by atoms with E-state index in [4.69, 9.17) is 12.2 Å². The van der Waals surface area contributed by atoms with Gasteiger partial charge < -0.3 is 4.90 Å². The molecule has 0 unspecified atom stereocenters. The summed E-state index contributed by atoms with van der Waals surface area (Å²) in [5, 5.41) is 0. The molecule has 2 rings (SSSR count). The molecule has 0 N–H and O–H groups in total. The number of thiocarbonyl (C=S) groups is 1. The maximum Gasteiger partial charge on any atom is 0.138 e. The fourth-order valence-electron chi connectivity index (χ4n) is 4.16. The van der Waals surface area contributed by atoms with Crippen LogP contribution in [0.15, 0.2) is 30.3 Å². The molecule has 0 radical (unpaired) electrons. The summed E-state index contributed by atoms with van der Waals surface area (Å²) in [6.07, 6.45) is 19.9. The second-order valence-corrected chi connectivity index (χ2v) is 10.4. The Morgan fingerprint density at radius 2 is 1.30 bits per heavy atom. The largest absolute Gasteiger partial charge is 0.340 e. The van der Waals surface area contributed by atoms with Crippen molar-refractivity contribution in [3.63, 3.8) is 0 Å². The molecule has 0 aliphatic carbocycles. The van der Waals surface area contributed by atoms with Gasteiger partial charge in [-0.3, -0.25) is 4.90 Å². The van der Waals surface area contributed by atoms with E-state index in [1.54, 1.807) is 0 Å². The van der Waals surface area contributed by atoms with Gasteiger partial charge in [0.25, 0.3) is 0 Å². The number of nitrogens with zero attached hydrogens (tertiary/aromatic N) is 2. The molecule has 1 saturated heterocycles. The van der Waals surface area contributed by atoms with Crippen molar-refractivity contribution in [2.24, 2.45) is 0 Å². The number of rotatable bonds is 17. The maximum absolute atomic E-state index is 5.59. The predicted octanol–water partition coefficient (Wildman–Crippen LogP) is 8.22. The molecule has 1 heterocycles. The Balaban J connectivity index is 1.42. The van der Waals surface area contributed by atoms with Gasteiger partial charge in [-0.05, 0) is 12.0 Å². The summed E-state index contributed by atoms with van der Waals surface area (Å²) >= 11 is 7.41. The highest BCUT2D eigenvalue weighted by Gasteiger charge is 2.21. The second kappa shape index (κ2) is 17.0. The number of hydrogen-bond donors (Lipinski definition) is 0. The summed E-state index contributed by atoms with van der Waals surface area (Å²) in [4.78, 5) is 4.91. The van der Waals surface area contributed by atoms with E-state index < -0.39 is 0 Å². The van der Waals surface area contributed by atoms with Crippen LogP contribution in [0.3, 0.4) is 0 Å². The molecule has 1 aliphatic heterocycles. The number of unbranched alkanes of at least 4 members (excludes halogenated alkanes) is 13. The second-order valence-electron chi connectivity index (χ2n) is 8.85. The molecule has 1 aliphatic rings. The quantitative estimate of drug-likeness (QED) is 0.175. The third-order valence-corrected chi connectivity index (χ3v) is 7.65. The minimum Gasteiger partial charge on any atom is -0.340 e. The molecule has 170 valence electrons. The Morgan fingerprint density at radius 1 is 0.767 bits per heavy atom. The van der Waals surface area contributed by atoms with Gasteiger partial charge in [-0.15, -0.1) is 0 Å². The van der Waals surface area contributed by atoms with Crippen LogP contribution in [0.5, 0.6) is 0 Å². The van der Waals surface area contributed by atoms with Crippen molar-refractivity contribution in [1.29, 1.82) is 0 Å². The highest BCUT2D eigenvalue weighted by molar-refractivity contribution is 8.22. The van der Waals surface area contributed by atoms with Crippen molar-refractivity contribution in [2.45, 2.75) is 103 Å². The molecule has 1 aromatic rings. The summed E-state index contributed by atoms with van der Waals surface area (Å²) < 4.78 is 1.05. The molecular weight excluding hydrogens is 404 g/mol. The lowest BCUT2D eigenvalue weighted by atomic mass is 10.0. The Hall–Kier alpha value is -0.580. The minimum absolute atomic E-state index is 0.932. The first-order chi connectivity index (χ1) is 14.8. The molecule has 2 nitrogen and oxygen atoms in total. The molecule has 0 saturated carbocycles. The molecule has 30 heavy (non-hydrogen) atoms. The van der Waals surface area contributed by atoms with Gasteiger partial charge in [0.15, 0.2) is 0 Å². The third kappa shape index (κ3) is 11.7. The van der Waals surface area contributed by atoms with Crippen molar-refractivity contribution in [3.05, 3.63) is 35.9 Å². The number of thioether (sulfide) groups is 1. The Labute approximate surface area is 196 Å². The van der Waals surface area contributed by atoms with E-state index in [-0.39, 0.29) is 0 Å². The van der Waals surface area contributed by atoms with Crippen LogP contribution < -0.4 is 0 Å². The zero-order valence-electron chi connectivity index (χ0n) is 19.3. The van der Waals surface area contributed by atoms with Crippen molar-refractivity contribution >= 4 is 28.3 Å². The van der Waals surface area contributed by atoms with E-state index >= 15 is 0 Å². The van der Waals surface area contributed by atoms with Crippen molar-refractivity contribution < 1.29 is 0 Å². The fourth-order valence-corrected chi connectivity index (χ4v) is 5.25. The van der Waals surface area contributed by atoms with E-state index in [0.717, 1.165) is 23.4 Å². The van der Waals surface area contributed by atoms with Gasteiger partial charge in [-0.25, -0.2) is 0 Å². The predicted molar refractivity (Wildman–Crippen MR) is 139 cm³/mol. The van der Waals surface area contributed by atoms with Crippen LogP contribution in [0.4, 0.5) is 0 Å². The van der Waals surface area contributed by atoms with Crippen LogP contribution in [0, 0.1) is 0 Å². The molecule has 1 aromatic carbocycles. The van der Waals surface area contributed by atoms with E-state index in [9.17, 15) is 0 Å². The van der Waals surface area contributed by atoms with E-state index in [0.29, 0.717) is 0 Å². The molecule has 4 heteroatoms. The van der Waals surface area contributed by atoms with Gasteiger partial charge in [0.2, 0.25) is 0 Å². The number of benzene rings is 1. The SMILES string of the molecule is CCCCCCCCCCCCCCCCN1CSC(=S)N(Cc2ccccc2)C1. The lowest BCUT2D eigenvalue weighted by Crippen LogP contribution is -2.44. The molecule has 0 aromatic heterocycles. The molecule has 1 fully saturated rings. The van der Waals surface area contributed by atoms with Crippen LogP contribution in [0.2, 0.25) is 0 Å². The van der Waals surface area contributed by atoms with E-state index in [2.05, 4.69) is 47.1 Å². The summed E-state index contributed by atoms with van der Waals surface area (Å²) in [6, 6.07) is 10.7. The Morgan fingerprint density at radius 3 is 1.87 bits per heavy atom. The first-order valence-electron chi connectivity index (χ1n) is 12.5. The third-order valence-electron chi connectivity index (χ3n) is 6.04. The normalized spacial score (nSPS) is 15.1. The van der Waals surface area contributed by atoms with Gasteiger partial charge >= 0.3 is 0 Å². The van der Waals surface area contributed by atoms with Crippen LogP contribution in [-0.2, 0) is 6.54 Å². The topological polar surface area (TPSA) is 6.48 Å². The highest BCUT2D eigenvalue weighted by atomic mass is 32.2. The summed E-state index contributed by atoms with van der Waals surface area (Å²) in [6.45, 7) is 5.42. The maximum atomic E-state index is 5.59. The summed E-state index contributed by atoms with van der Waals surface area (Å²) in [7, 11) is 0. The Kier molecular flexibility index (Phi) is 14.6. The van der Waals surface area contributed by atoms with Crippen molar-refractivity contribution in [1.82, 2.24) is 9.80 Å². The summed E-state index contributed by atoms with van der Waals surface area (Å²) in [5.41, 5.74) is 1.35. The van der Waals surface area contributed by atoms with E-state index in [1.165, 1.54) is 102 Å². The minimum atomic E-state index is 0.932. The van der Waals surface area contributed by atoms with Crippen molar-refractivity contribution in [3.8, 4) is 0 Å². The summed E-state index contributed by atoms with van der Waals surface area (Å²) in [5.74, 6) is 1.06. The zero-order chi connectivity index (χ0) is 21.3. The van der Waals surface area contributed by atoms with Crippen LogP contribution in [0.1, 0.15) is 102 Å². The van der Waals surface area contributed by atoms with Crippen LogP contribution in [-0.4, -0.2) is 33.2 Å². The smallest absolute Gasteiger partial charge is 0.138 e. The lowest BCUT2D eigenvalue weighted by Gasteiger charge is -2.36. The fraction of sp³-hybridized carbons (Fsp3) is 0.731. The van der Waals surface area contributed by atoms with E-state index in [1.807, 2.05) is 11.8 Å². The van der Waals surface area contributed by atoms with Crippen LogP contribution >= 0.6 is 24.0 Å². The van der Waals surface area contributed by atoms with Gasteiger partial charge in [-0.1, -0.05) is 145 Å². The molecule has 0 bridgehead atoms. The Bertz CT molecular complexity index is 549. The lowest BCUT2D eigenvalue weighted by molar-refractivity contribution is 0.204. The van der Waals surface area contributed by atoms with Crippen molar-refractivity contribution in [2.75, 3.05) is 19.1 Å². The first-order valence-corrected chi connectivity index (χ1v) is 13.9. The molecular formula is C26H44N2S2. The first kappa shape index (κ1) is 25.7. The monoisotopic (exact) mass is 448 g/mol. The van der Waals surface area contributed by atoms with Gasteiger partial charge in [0, 0.05) is 13.1 Å². The van der Waals surface area contributed by atoms with Crippen LogP contribution in [0.25, 0.3) is 0 Å². The highest BCUT2D eigenvalue weighted by Crippen LogP contribution is 2.21. The number of hydrogen-bond acceptors (Lipinski definition) is 3. The van der Waals surface area contributed by atoms with Gasteiger partial charge in [0.1, 0.15) is 4.32 Å². The standard InChI is InChI=1S/C26H44N2S2/c1-2-3-4-5-6-7-8-9-10-11-12-13-14-18-21-27-23-28(26(29)30-24-27)22-25-19-16-15-17-20-25/h15-17,19-20H,2-14,18,21-24H2,1H3. The van der Waals surface area contributed by atoms with Gasteiger partial charge in [-0.2, -0.15) is 0 Å². The zero-order valence-corrected chi connectivity index (χ0v) is 21.0. The van der Waals surface area contributed by atoms with Gasteiger partial charge in [0.05, 0.1) is 12.5 Å². The molecule has 0 atom stereocenters. The molecule has 0 spiro atoms. The molecule has 0 amide bonds.